The summed E-state index contributed by atoms with van der Waals surface area (Å²) in [6.45, 7) is 3.95. The first-order valence-corrected chi connectivity index (χ1v) is 6.74. The van der Waals surface area contributed by atoms with Crippen molar-refractivity contribution < 1.29 is 4.79 Å². The van der Waals surface area contributed by atoms with Crippen LogP contribution in [0.15, 0.2) is 54.7 Å². The SMILES string of the molecule is Cc1ccc(C(=O)C=CNc2cccc(Cl)c2)c(C)c1. The number of carbonyl (C=O) groups excluding carboxylic acids is 1. The largest absolute Gasteiger partial charge is 0.362 e. The predicted molar refractivity (Wildman–Crippen MR) is 84.5 cm³/mol. The third kappa shape index (κ3) is 3.72. The van der Waals surface area contributed by atoms with Gasteiger partial charge in [-0.3, -0.25) is 4.79 Å². The van der Waals surface area contributed by atoms with Gasteiger partial charge in [-0.2, -0.15) is 0 Å². The van der Waals surface area contributed by atoms with Gasteiger partial charge in [0.25, 0.3) is 0 Å². The highest BCUT2D eigenvalue weighted by molar-refractivity contribution is 6.30. The van der Waals surface area contributed by atoms with Gasteiger partial charge in [-0.1, -0.05) is 41.4 Å². The van der Waals surface area contributed by atoms with Gasteiger partial charge in [0.15, 0.2) is 5.78 Å². The Morgan fingerprint density at radius 2 is 1.95 bits per heavy atom. The zero-order valence-corrected chi connectivity index (χ0v) is 12.2. The van der Waals surface area contributed by atoms with Crippen LogP contribution < -0.4 is 5.32 Å². The molecule has 0 saturated heterocycles. The number of halogens is 1. The Morgan fingerprint density at radius 3 is 2.65 bits per heavy atom. The van der Waals surface area contributed by atoms with Crippen LogP contribution in [0.3, 0.4) is 0 Å². The van der Waals surface area contributed by atoms with E-state index in [1.54, 1.807) is 18.3 Å². The molecule has 0 amide bonds. The molecular weight excluding hydrogens is 270 g/mol. The summed E-state index contributed by atoms with van der Waals surface area (Å²) < 4.78 is 0. The van der Waals surface area contributed by atoms with Crippen molar-refractivity contribution in [2.75, 3.05) is 5.32 Å². The molecule has 0 unspecified atom stereocenters. The fourth-order valence-electron chi connectivity index (χ4n) is 1.97. The minimum absolute atomic E-state index is 0.0166. The average Bonchev–Trinajstić information content (AvgIpc) is 2.38. The summed E-state index contributed by atoms with van der Waals surface area (Å²) in [5.41, 5.74) is 3.71. The summed E-state index contributed by atoms with van der Waals surface area (Å²) in [6.07, 6.45) is 3.16. The lowest BCUT2D eigenvalue weighted by molar-refractivity contribution is 0.104. The maximum atomic E-state index is 12.1. The van der Waals surface area contributed by atoms with E-state index < -0.39 is 0 Å². The smallest absolute Gasteiger partial charge is 0.187 e. The normalized spacial score (nSPS) is 10.8. The molecule has 0 bridgehead atoms. The van der Waals surface area contributed by atoms with Gasteiger partial charge in [0, 0.05) is 28.5 Å². The first kappa shape index (κ1) is 14.4. The molecule has 0 spiro atoms. The number of rotatable bonds is 4. The quantitative estimate of drug-likeness (QED) is 0.648. The minimum atomic E-state index is -0.0166. The van der Waals surface area contributed by atoms with Crippen molar-refractivity contribution in [3.05, 3.63) is 76.5 Å². The van der Waals surface area contributed by atoms with Gasteiger partial charge in [-0.25, -0.2) is 0 Å². The molecule has 0 atom stereocenters. The van der Waals surface area contributed by atoms with Crippen LogP contribution in [0, 0.1) is 13.8 Å². The molecule has 0 radical (unpaired) electrons. The maximum absolute atomic E-state index is 12.1. The van der Waals surface area contributed by atoms with E-state index in [-0.39, 0.29) is 5.78 Å². The zero-order chi connectivity index (χ0) is 14.5. The molecule has 0 saturated carbocycles. The molecule has 0 aliphatic rings. The summed E-state index contributed by atoms with van der Waals surface area (Å²) >= 11 is 5.89. The molecular formula is C17H16ClNO. The first-order valence-electron chi connectivity index (χ1n) is 6.36. The standard InChI is InChI=1S/C17H16ClNO/c1-12-6-7-16(13(2)10-12)17(20)8-9-19-15-5-3-4-14(18)11-15/h3-11,19H,1-2H3. The summed E-state index contributed by atoms with van der Waals surface area (Å²) in [5.74, 6) is -0.0166. The van der Waals surface area contributed by atoms with Gasteiger partial charge in [0.05, 0.1) is 0 Å². The van der Waals surface area contributed by atoms with E-state index in [2.05, 4.69) is 5.32 Å². The fourth-order valence-corrected chi connectivity index (χ4v) is 2.16. The molecule has 1 N–H and O–H groups in total. The van der Waals surface area contributed by atoms with E-state index >= 15 is 0 Å². The summed E-state index contributed by atoms with van der Waals surface area (Å²) in [6, 6.07) is 13.1. The van der Waals surface area contributed by atoms with Gasteiger partial charge in [-0.05, 0) is 37.6 Å². The second-order valence-electron chi connectivity index (χ2n) is 4.67. The van der Waals surface area contributed by atoms with Crippen molar-refractivity contribution in [1.82, 2.24) is 0 Å². The number of allylic oxidation sites excluding steroid dienone is 1. The molecule has 0 aliphatic carbocycles. The summed E-state index contributed by atoms with van der Waals surface area (Å²) in [5, 5.41) is 3.69. The number of nitrogens with one attached hydrogen (secondary N) is 1. The monoisotopic (exact) mass is 285 g/mol. The predicted octanol–water partition coefficient (Wildman–Crippen LogP) is 4.77. The molecule has 0 fully saturated rings. The van der Waals surface area contributed by atoms with Crippen molar-refractivity contribution in [1.29, 1.82) is 0 Å². The van der Waals surface area contributed by atoms with E-state index in [4.69, 9.17) is 11.6 Å². The molecule has 0 heterocycles. The lowest BCUT2D eigenvalue weighted by Gasteiger charge is -2.03. The third-order valence-electron chi connectivity index (χ3n) is 2.96. The van der Waals surface area contributed by atoms with Crippen molar-refractivity contribution in [2.24, 2.45) is 0 Å². The lowest BCUT2D eigenvalue weighted by atomic mass is 10.0. The second-order valence-corrected chi connectivity index (χ2v) is 5.11. The van der Waals surface area contributed by atoms with E-state index in [0.717, 1.165) is 22.4 Å². The number of hydrogen-bond acceptors (Lipinski definition) is 2. The van der Waals surface area contributed by atoms with Crippen LogP contribution in [0.25, 0.3) is 0 Å². The number of carbonyl (C=O) groups is 1. The van der Waals surface area contributed by atoms with Crippen LogP contribution in [-0.4, -0.2) is 5.78 Å². The molecule has 0 aliphatic heterocycles. The Balaban J connectivity index is 2.06. The van der Waals surface area contributed by atoms with Crippen LogP contribution in [-0.2, 0) is 0 Å². The lowest BCUT2D eigenvalue weighted by Crippen LogP contribution is -1.99. The minimum Gasteiger partial charge on any atom is -0.362 e. The van der Waals surface area contributed by atoms with Crippen molar-refractivity contribution in [2.45, 2.75) is 13.8 Å². The van der Waals surface area contributed by atoms with Crippen molar-refractivity contribution in [3.8, 4) is 0 Å². The number of anilines is 1. The zero-order valence-electron chi connectivity index (χ0n) is 11.5. The first-order chi connectivity index (χ1) is 9.56. The van der Waals surface area contributed by atoms with E-state index in [0.29, 0.717) is 5.02 Å². The van der Waals surface area contributed by atoms with E-state index in [1.165, 1.54) is 6.08 Å². The molecule has 2 nitrogen and oxygen atoms in total. The molecule has 2 aromatic rings. The molecule has 2 rings (SSSR count). The highest BCUT2D eigenvalue weighted by Crippen LogP contribution is 2.15. The summed E-state index contributed by atoms with van der Waals surface area (Å²) in [4.78, 5) is 12.1. The highest BCUT2D eigenvalue weighted by atomic mass is 35.5. The van der Waals surface area contributed by atoms with Crippen molar-refractivity contribution in [3.63, 3.8) is 0 Å². The fraction of sp³-hybridized carbons (Fsp3) is 0.118. The Kier molecular flexibility index (Phi) is 4.59. The Hall–Kier alpha value is -2.06. The van der Waals surface area contributed by atoms with Crippen LogP contribution in [0.2, 0.25) is 5.02 Å². The maximum Gasteiger partial charge on any atom is 0.187 e. The summed E-state index contributed by atoms with van der Waals surface area (Å²) in [7, 11) is 0. The molecule has 3 heteroatoms. The van der Waals surface area contributed by atoms with Crippen LogP contribution in [0.4, 0.5) is 5.69 Å². The topological polar surface area (TPSA) is 29.1 Å². The molecule has 0 aromatic heterocycles. The molecule has 2 aromatic carbocycles. The Morgan fingerprint density at radius 1 is 1.15 bits per heavy atom. The van der Waals surface area contributed by atoms with E-state index in [1.807, 2.05) is 44.2 Å². The van der Waals surface area contributed by atoms with E-state index in [9.17, 15) is 4.79 Å². The number of aryl methyl sites for hydroxylation is 2. The van der Waals surface area contributed by atoms with Crippen LogP contribution in [0.5, 0.6) is 0 Å². The average molecular weight is 286 g/mol. The van der Waals surface area contributed by atoms with Gasteiger partial charge >= 0.3 is 0 Å². The number of benzene rings is 2. The van der Waals surface area contributed by atoms with Crippen LogP contribution in [0.1, 0.15) is 21.5 Å². The van der Waals surface area contributed by atoms with Crippen LogP contribution >= 0.6 is 11.6 Å². The highest BCUT2D eigenvalue weighted by Gasteiger charge is 2.05. The van der Waals surface area contributed by atoms with Gasteiger partial charge in [0.2, 0.25) is 0 Å². The molecule has 102 valence electrons. The third-order valence-corrected chi connectivity index (χ3v) is 3.19. The van der Waals surface area contributed by atoms with Gasteiger partial charge in [-0.15, -0.1) is 0 Å². The number of hydrogen-bond donors (Lipinski definition) is 1. The van der Waals surface area contributed by atoms with Gasteiger partial charge < -0.3 is 5.32 Å². The second kappa shape index (κ2) is 6.40. The number of ketones is 1. The molecule has 20 heavy (non-hydrogen) atoms. The van der Waals surface area contributed by atoms with Gasteiger partial charge in [0.1, 0.15) is 0 Å². The Labute approximate surface area is 124 Å². The Bertz CT molecular complexity index is 662. The van der Waals surface area contributed by atoms with Crippen molar-refractivity contribution >= 4 is 23.1 Å².